The largest absolute Gasteiger partial charge is 0.314 e. The predicted molar refractivity (Wildman–Crippen MR) is 83.5 cm³/mol. The van der Waals surface area contributed by atoms with Crippen LogP contribution in [-0.2, 0) is 0 Å². The van der Waals surface area contributed by atoms with E-state index >= 15 is 0 Å². The van der Waals surface area contributed by atoms with Crippen molar-refractivity contribution in [3.8, 4) is 0 Å². The van der Waals surface area contributed by atoms with Gasteiger partial charge in [0.25, 0.3) is 0 Å². The van der Waals surface area contributed by atoms with Gasteiger partial charge in [0.15, 0.2) is 0 Å². The quantitative estimate of drug-likeness (QED) is 0.807. The fourth-order valence-electron chi connectivity index (χ4n) is 3.77. The van der Waals surface area contributed by atoms with Crippen LogP contribution in [0.3, 0.4) is 0 Å². The fourth-order valence-corrected chi connectivity index (χ4v) is 3.77. The van der Waals surface area contributed by atoms with Gasteiger partial charge in [-0.15, -0.1) is 0 Å². The van der Waals surface area contributed by atoms with Crippen LogP contribution in [0.25, 0.3) is 0 Å². The summed E-state index contributed by atoms with van der Waals surface area (Å²) in [5, 5.41) is 7.61. The second kappa shape index (κ2) is 7.08. The van der Waals surface area contributed by atoms with Gasteiger partial charge in [0.05, 0.1) is 0 Å². The Morgan fingerprint density at radius 3 is 2.58 bits per heavy atom. The smallest absolute Gasteiger partial charge is 0.00817 e. The van der Waals surface area contributed by atoms with Crippen LogP contribution in [0.2, 0.25) is 0 Å². The summed E-state index contributed by atoms with van der Waals surface area (Å²) in [4.78, 5) is 0. The third-order valence-electron chi connectivity index (χ3n) is 5.16. The Kier molecular flexibility index (Phi) is 5.70. The maximum Gasteiger partial charge on any atom is 0.00817 e. The van der Waals surface area contributed by atoms with Crippen molar-refractivity contribution in [3.63, 3.8) is 0 Å². The van der Waals surface area contributed by atoms with E-state index in [4.69, 9.17) is 0 Å². The first kappa shape index (κ1) is 15.3. The summed E-state index contributed by atoms with van der Waals surface area (Å²) in [6.07, 6.45) is 12.4. The van der Waals surface area contributed by atoms with E-state index in [1.165, 1.54) is 64.3 Å². The number of rotatable bonds is 4. The molecule has 1 heterocycles. The molecule has 2 fully saturated rings. The van der Waals surface area contributed by atoms with Gasteiger partial charge in [-0.25, -0.2) is 0 Å². The molecule has 1 saturated heterocycles. The Morgan fingerprint density at radius 1 is 1.11 bits per heavy atom. The maximum atomic E-state index is 3.88. The highest BCUT2D eigenvalue weighted by Crippen LogP contribution is 2.35. The molecular formula is C17H34N2. The van der Waals surface area contributed by atoms with Crippen molar-refractivity contribution in [1.82, 2.24) is 10.6 Å². The van der Waals surface area contributed by atoms with Crippen molar-refractivity contribution in [3.05, 3.63) is 0 Å². The summed E-state index contributed by atoms with van der Waals surface area (Å²) in [7, 11) is 0. The molecule has 2 rings (SSSR count). The van der Waals surface area contributed by atoms with Crippen LogP contribution in [0.1, 0.15) is 78.6 Å². The average Bonchev–Trinajstić information content (AvgIpc) is 2.60. The van der Waals surface area contributed by atoms with Gasteiger partial charge >= 0.3 is 0 Å². The molecule has 1 aliphatic carbocycles. The lowest BCUT2D eigenvalue weighted by molar-refractivity contribution is 0.196. The molecule has 19 heavy (non-hydrogen) atoms. The van der Waals surface area contributed by atoms with Gasteiger partial charge in [-0.05, 0) is 63.8 Å². The summed E-state index contributed by atoms with van der Waals surface area (Å²) in [6.45, 7) is 8.45. The molecule has 2 atom stereocenters. The summed E-state index contributed by atoms with van der Waals surface area (Å²) >= 11 is 0. The highest BCUT2D eigenvalue weighted by molar-refractivity contribution is 4.85. The molecule has 2 heteroatoms. The molecule has 0 radical (unpaired) electrons. The Balaban J connectivity index is 1.67. The minimum atomic E-state index is 0.588. The van der Waals surface area contributed by atoms with Crippen LogP contribution < -0.4 is 10.6 Å². The van der Waals surface area contributed by atoms with Crippen molar-refractivity contribution in [2.45, 2.75) is 96.7 Å². The Bertz CT molecular complexity index is 244. The molecule has 1 aliphatic heterocycles. The highest BCUT2D eigenvalue weighted by Gasteiger charge is 2.27. The molecule has 2 nitrogen and oxygen atoms in total. The molecule has 0 amide bonds. The highest BCUT2D eigenvalue weighted by atomic mass is 15.0. The van der Waals surface area contributed by atoms with Crippen LogP contribution in [0.5, 0.6) is 0 Å². The van der Waals surface area contributed by atoms with Gasteiger partial charge in [0, 0.05) is 18.1 Å². The number of nitrogens with one attached hydrogen (secondary N) is 2. The molecule has 0 bridgehead atoms. The monoisotopic (exact) mass is 266 g/mol. The Hall–Kier alpha value is -0.0800. The van der Waals surface area contributed by atoms with E-state index in [1.807, 2.05) is 0 Å². The van der Waals surface area contributed by atoms with Crippen molar-refractivity contribution < 1.29 is 0 Å². The Morgan fingerprint density at radius 2 is 1.84 bits per heavy atom. The van der Waals surface area contributed by atoms with E-state index in [1.54, 1.807) is 0 Å². The lowest BCUT2D eigenvalue weighted by atomic mass is 9.75. The normalized spacial score (nSPS) is 30.8. The first-order valence-electron chi connectivity index (χ1n) is 8.55. The van der Waals surface area contributed by atoms with Crippen LogP contribution >= 0.6 is 0 Å². The van der Waals surface area contributed by atoms with Gasteiger partial charge < -0.3 is 10.6 Å². The van der Waals surface area contributed by atoms with Gasteiger partial charge in [0.2, 0.25) is 0 Å². The third kappa shape index (κ3) is 5.43. The second-order valence-corrected chi connectivity index (χ2v) is 7.74. The number of hydrogen-bond acceptors (Lipinski definition) is 2. The topological polar surface area (TPSA) is 24.1 Å². The summed E-state index contributed by atoms with van der Waals surface area (Å²) in [5.74, 6) is 0. The van der Waals surface area contributed by atoms with Gasteiger partial charge in [-0.2, -0.15) is 0 Å². The third-order valence-corrected chi connectivity index (χ3v) is 5.16. The van der Waals surface area contributed by atoms with Crippen LogP contribution in [0.15, 0.2) is 0 Å². The summed E-state index contributed by atoms with van der Waals surface area (Å²) in [6, 6.07) is 2.20. The lowest BCUT2D eigenvalue weighted by Crippen LogP contribution is -2.43. The summed E-state index contributed by atoms with van der Waals surface area (Å²) in [5.41, 5.74) is 0.588. The van der Waals surface area contributed by atoms with Gasteiger partial charge in [0.1, 0.15) is 0 Å². The van der Waals surface area contributed by atoms with E-state index in [-0.39, 0.29) is 0 Å². The molecule has 0 spiro atoms. The molecule has 0 aromatic heterocycles. The van der Waals surface area contributed by atoms with Gasteiger partial charge in [-0.3, -0.25) is 0 Å². The zero-order valence-electron chi connectivity index (χ0n) is 13.3. The fraction of sp³-hybridized carbons (Fsp3) is 1.00. The van der Waals surface area contributed by atoms with Gasteiger partial charge in [-0.1, -0.05) is 26.7 Å². The van der Waals surface area contributed by atoms with Crippen molar-refractivity contribution >= 4 is 0 Å². The lowest BCUT2D eigenvalue weighted by Gasteiger charge is -2.36. The molecule has 0 aromatic rings. The molecule has 2 aliphatic rings. The molecule has 2 N–H and O–H groups in total. The SMILES string of the molecule is CC(CC1CCCCCN1)NC1CCC(C)(C)CC1. The van der Waals surface area contributed by atoms with Crippen LogP contribution in [-0.4, -0.2) is 24.7 Å². The maximum absolute atomic E-state index is 3.88. The van der Waals surface area contributed by atoms with Crippen LogP contribution in [0.4, 0.5) is 0 Å². The van der Waals surface area contributed by atoms with Crippen LogP contribution in [0, 0.1) is 5.41 Å². The number of hydrogen-bond donors (Lipinski definition) is 2. The summed E-state index contributed by atoms with van der Waals surface area (Å²) < 4.78 is 0. The standard InChI is InChI=1S/C17H34N2/c1-14(13-16-7-5-4-6-12-18-16)19-15-8-10-17(2,3)11-9-15/h14-16,18-19H,4-13H2,1-3H3. The average molecular weight is 266 g/mol. The minimum Gasteiger partial charge on any atom is -0.314 e. The molecule has 2 unspecified atom stereocenters. The molecule has 112 valence electrons. The van der Waals surface area contributed by atoms with E-state index < -0.39 is 0 Å². The van der Waals surface area contributed by atoms with E-state index in [0.717, 1.165) is 12.1 Å². The van der Waals surface area contributed by atoms with E-state index in [9.17, 15) is 0 Å². The van der Waals surface area contributed by atoms with E-state index in [0.29, 0.717) is 11.5 Å². The first-order valence-corrected chi connectivity index (χ1v) is 8.55. The van der Waals surface area contributed by atoms with Crippen molar-refractivity contribution in [2.75, 3.05) is 6.54 Å². The zero-order valence-corrected chi connectivity index (χ0v) is 13.3. The van der Waals surface area contributed by atoms with Crippen molar-refractivity contribution in [2.24, 2.45) is 5.41 Å². The Labute approximate surface area is 120 Å². The second-order valence-electron chi connectivity index (χ2n) is 7.74. The predicted octanol–water partition coefficient (Wildman–Crippen LogP) is 3.86. The molecule has 1 saturated carbocycles. The zero-order chi connectivity index (χ0) is 13.7. The van der Waals surface area contributed by atoms with E-state index in [2.05, 4.69) is 31.4 Å². The molecular weight excluding hydrogens is 232 g/mol. The first-order chi connectivity index (χ1) is 9.05. The molecule has 0 aromatic carbocycles. The minimum absolute atomic E-state index is 0.588. The van der Waals surface area contributed by atoms with Crippen molar-refractivity contribution in [1.29, 1.82) is 0 Å².